The van der Waals surface area contributed by atoms with Gasteiger partial charge in [0.2, 0.25) is 5.69 Å². The fourth-order valence-corrected chi connectivity index (χ4v) is 6.15. The lowest BCUT2D eigenvalue weighted by Gasteiger charge is -2.10. The molecule has 5 nitrogen and oxygen atoms in total. The van der Waals surface area contributed by atoms with Crippen molar-refractivity contribution >= 4 is 49.3 Å². The van der Waals surface area contributed by atoms with Crippen LogP contribution in [0.3, 0.4) is 0 Å². The molecule has 42 heavy (non-hydrogen) atoms. The first-order valence-electron chi connectivity index (χ1n) is 13.7. The number of rotatable bonds is 3. The van der Waals surface area contributed by atoms with Gasteiger partial charge in [-0.3, -0.25) is 4.98 Å². The highest BCUT2D eigenvalue weighted by molar-refractivity contribution is 6.19. The Morgan fingerprint density at radius 2 is 1.14 bits per heavy atom. The largest absolute Gasteiger partial charge is 0.309 e. The molecule has 8 rings (SSSR count). The predicted molar refractivity (Wildman–Crippen MR) is 169 cm³/mol. The Morgan fingerprint density at radius 3 is 1.71 bits per heavy atom. The monoisotopic (exact) mass is 535 g/mol. The van der Waals surface area contributed by atoms with E-state index in [0.717, 1.165) is 28.0 Å². The van der Waals surface area contributed by atoms with Gasteiger partial charge >= 0.3 is 0 Å². The van der Waals surface area contributed by atoms with Crippen LogP contribution in [0.1, 0.15) is 5.56 Å². The molecule has 194 valence electrons. The lowest BCUT2D eigenvalue weighted by Crippen LogP contribution is -1.95. The zero-order chi connectivity index (χ0) is 28.2. The summed E-state index contributed by atoms with van der Waals surface area (Å²) in [4.78, 5) is 8.04. The Bertz CT molecular complexity index is 2410. The first-order valence-corrected chi connectivity index (χ1v) is 13.7. The third-order valence-electron chi connectivity index (χ3n) is 8.00. The lowest BCUT2D eigenvalue weighted by molar-refractivity contribution is 1.17. The summed E-state index contributed by atoms with van der Waals surface area (Å²) in [6.45, 7) is 7.59. The molecule has 0 spiro atoms. The summed E-state index contributed by atoms with van der Waals surface area (Å²) in [5.41, 5.74) is 8.93. The van der Waals surface area contributed by atoms with Crippen LogP contribution < -0.4 is 0 Å². The van der Waals surface area contributed by atoms with Gasteiger partial charge in [0.15, 0.2) is 0 Å². The molecule has 0 aliphatic carbocycles. The molecule has 0 aliphatic heterocycles. The first-order chi connectivity index (χ1) is 20.7. The number of aromatic nitrogens is 3. The topological polar surface area (TPSA) is 50.9 Å². The summed E-state index contributed by atoms with van der Waals surface area (Å²) in [7, 11) is 0. The lowest BCUT2D eigenvalue weighted by atomic mass is 10.1. The van der Waals surface area contributed by atoms with Crippen LogP contribution in [0, 0.1) is 17.9 Å². The van der Waals surface area contributed by atoms with Crippen molar-refractivity contribution in [3.63, 3.8) is 0 Å². The van der Waals surface area contributed by atoms with Gasteiger partial charge in [-0.25, -0.2) is 4.85 Å². The van der Waals surface area contributed by atoms with Crippen molar-refractivity contribution in [3.8, 4) is 28.7 Å². The molecule has 0 aliphatic rings. The second-order valence-electron chi connectivity index (χ2n) is 10.3. The van der Waals surface area contributed by atoms with Gasteiger partial charge in [-0.05, 0) is 60.2 Å². The average Bonchev–Trinajstić information content (AvgIpc) is 3.56. The molecule has 0 N–H and O–H groups in total. The third kappa shape index (κ3) is 3.45. The standard InChI is InChI=1S/C37H21N5/c1-39-32-19-24(22-38)23-40-37(32)25-15-17-27(18-16-25)42-34-14-8-6-12-29(34)31-20-35-30(21-36(31)42)28-11-5-7-13-33(28)41(35)26-9-3-2-4-10-26/h2-21,23H. The molecule has 0 unspecified atom stereocenters. The Morgan fingerprint density at radius 1 is 0.595 bits per heavy atom. The molecule has 5 heteroatoms. The number of nitriles is 1. The van der Waals surface area contributed by atoms with E-state index in [9.17, 15) is 5.26 Å². The minimum absolute atomic E-state index is 0.371. The van der Waals surface area contributed by atoms with E-state index in [1.165, 1.54) is 38.8 Å². The molecule has 3 heterocycles. The third-order valence-corrected chi connectivity index (χ3v) is 8.00. The van der Waals surface area contributed by atoms with E-state index in [-0.39, 0.29) is 0 Å². The Balaban J connectivity index is 1.39. The van der Waals surface area contributed by atoms with Gasteiger partial charge in [0.05, 0.1) is 46.0 Å². The fraction of sp³-hybridized carbons (Fsp3) is 0. The highest BCUT2D eigenvalue weighted by Gasteiger charge is 2.18. The number of hydrogen-bond donors (Lipinski definition) is 0. The maximum atomic E-state index is 9.22. The molecule has 0 amide bonds. The van der Waals surface area contributed by atoms with E-state index < -0.39 is 0 Å². The van der Waals surface area contributed by atoms with Gasteiger partial charge in [0, 0.05) is 39.1 Å². The first kappa shape index (κ1) is 23.7. The Labute approximate surface area is 241 Å². The van der Waals surface area contributed by atoms with Gasteiger partial charge < -0.3 is 9.13 Å². The van der Waals surface area contributed by atoms with Crippen molar-refractivity contribution in [1.82, 2.24) is 14.1 Å². The van der Waals surface area contributed by atoms with Gasteiger partial charge in [0.25, 0.3) is 0 Å². The minimum atomic E-state index is 0.371. The van der Waals surface area contributed by atoms with Gasteiger partial charge in [-0.15, -0.1) is 0 Å². The van der Waals surface area contributed by atoms with Crippen molar-refractivity contribution in [2.45, 2.75) is 0 Å². The van der Waals surface area contributed by atoms with Crippen molar-refractivity contribution in [1.29, 1.82) is 5.26 Å². The van der Waals surface area contributed by atoms with Crippen molar-refractivity contribution < 1.29 is 0 Å². The fourth-order valence-electron chi connectivity index (χ4n) is 6.15. The summed E-state index contributed by atoms with van der Waals surface area (Å²) in [5, 5.41) is 14.0. The number of para-hydroxylation sites is 3. The second kappa shape index (κ2) is 9.20. The van der Waals surface area contributed by atoms with E-state index in [0.29, 0.717) is 16.9 Å². The number of fused-ring (bicyclic) bond motifs is 6. The zero-order valence-electron chi connectivity index (χ0n) is 22.4. The normalized spacial score (nSPS) is 11.3. The van der Waals surface area contributed by atoms with Gasteiger partial charge in [-0.1, -0.05) is 66.7 Å². The maximum Gasteiger partial charge on any atom is 0.214 e. The molecule has 0 saturated heterocycles. The predicted octanol–water partition coefficient (Wildman–Crippen LogP) is 9.37. The van der Waals surface area contributed by atoms with E-state index in [1.807, 2.05) is 18.2 Å². The Hall–Kier alpha value is -6.17. The molecule has 0 saturated carbocycles. The molecule has 8 aromatic rings. The molecule has 3 aromatic heterocycles. The Kier molecular flexibility index (Phi) is 5.19. The molecule has 0 radical (unpaired) electrons. The van der Waals surface area contributed by atoms with Crippen LogP contribution in [-0.4, -0.2) is 14.1 Å². The molecule has 0 fully saturated rings. The summed E-state index contributed by atoms with van der Waals surface area (Å²) in [5.74, 6) is 0. The van der Waals surface area contributed by atoms with Crippen LogP contribution in [0.15, 0.2) is 128 Å². The quantitative estimate of drug-likeness (QED) is 0.212. The van der Waals surface area contributed by atoms with Crippen molar-refractivity contribution in [2.75, 3.05) is 0 Å². The summed E-state index contributed by atoms with van der Waals surface area (Å²) in [6, 6.07) is 44.1. The van der Waals surface area contributed by atoms with Gasteiger partial charge in [-0.2, -0.15) is 5.26 Å². The van der Waals surface area contributed by atoms with E-state index in [1.54, 1.807) is 6.07 Å². The van der Waals surface area contributed by atoms with E-state index in [2.05, 4.69) is 122 Å². The number of benzene rings is 5. The summed E-state index contributed by atoms with van der Waals surface area (Å²) >= 11 is 0. The molecular weight excluding hydrogens is 514 g/mol. The second-order valence-corrected chi connectivity index (χ2v) is 10.3. The van der Waals surface area contributed by atoms with Crippen LogP contribution in [0.2, 0.25) is 0 Å². The highest BCUT2D eigenvalue weighted by atomic mass is 15.0. The number of hydrogen-bond acceptors (Lipinski definition) is 2. The van der Waals surface area contributed by atoms with Crippen LogP contribution in [0.4, 0.5) is 5.69 Å². The molecule has 0 bridgehead atoms. The zero-order valence-corrected chi connectivity index (χ0v) is 22.4. The van der Waals surface area contributed by atoms with Crippen LogP contribution >= 0.6 is 0 Å². The molecular formula is C37H21N5. The smallest absolute Gasteiger partial charge is 0.214 e. The minimum Gasteiger partial charge on any atom is -0.309 e. The van der Waals surface area contributed by atoms with Crippen LogP contribution in [0.5, 0.6) is 0 Å². The van der Waals surface area contributed by atoms with Crippen molar-refractivity contribution in [3.05, 3.63) is 145 Å². The van der Waals surface area contributed by atoms with E-state index >= 15 is 0 Å². The van der Waals surface area contributed by atoms with Crippen LogP contribution in [-0.2, 0) is 0 Å². The van der Waals surface area contributed by atoms with Crippen LogP contribution in [0.25, 0.3) is 71.1 Å². The van der Waals surface area contributed by atoms with Crippen molar-refractivity contribution in [2.24, 2.45) is 0 Å². The summed E-state index contributed by atoms with van der Waals surface area (Å²) in [6.07, 6.45) is 1.52. The molecule has 0 atom stereocenters. The molecule has 5 aromatic carbocycles. The average molecular weight is 536 g/mol. The van der Waals surface area contributed by atoms with Gasteiger partial charge in [0.1, 0.15) is 0 Å². The highest BCUT2D eigenvalue weighted by Crippen LogP contribution is 2.40. The maximum absolute atomic E-state index is 9.22. The number of pyridine rings is 1. The SMILES string of the molecule is [C-]#[N+]c1cc(C#N)cnc1-c1ccc(-n2c3ccccc3c3cc4c(cc32)c2ccccc2n4-c2ccccc2)cc1. The summed E-state index contributed by atoms with van der Waals surface area (Å²) < 4.78 is 4.66. The number of nitrogens with zero attached hydrogens (tertiary/aromatic N) is 5. The van der Waals surface area contributed by atoms with E-state index in [4.69, 9.17) is 6.57 Å².